The van der Waals surface area contributed by atoms with Crippen molar-refractivity contribution in [2.45, 2.75) is 44.7 Å². The van der Waals surface area contributed by atoms with E-state index in [1.165, 1.54) is 31.7 Å². The van der Waals surface area contributed by atoms with Crippen LogP contribution in [-0.2, 0) is 6.54 Å². The van der Waals surface area contributed by atoms with Crippen molar-refractivity contribution in [2.24, 2.45) is 0 Å². The van der Waals surface area contributed by atoms with E-state index >= 15 is 0 Å². The van der Waals surface area contributed by atoms with Crippen LogP contribution in [0.5, 0.6) is 0 Å². The Morgan fingerprint density at radius 1 is 1.06 bits per heavy atom. The molecule has 168 valence electrons. The number of nitrogens with one attached hydrogen (secondary N) is 3. The summed E-state index contributed by atoms with van der Waals surface area (Å²) in [7, 11) is 0. The van der Waals surface area contributed by atoms with Gasteiger partial charge in [0.25, 0.3) is 11.5 Å². The highest BCUT2D eigenvalue weighted by molar-refractivity contribution is 5.91. The van der Waals surface area contributed by atoms with Crippen molar-refractivity contribution in [3.63, 3.8) is 0 Å². The summed E-state index contributed by atoms with van der Waals surface area (Å²) in [5, 5.41) is 11.5. The number of carbonyl (C=O) groups excluding carboxylic acids is 1. The molecule has 1 aromatic carbocycles. The fourth-order valence-electron chi connectivity index (χ4n) is 4.31. The van der Waals surface area contributed by atoms with Gasteiger partial charge >= 0.3 is 0 Å². The second kappa shape index (κ2) is 9.23. The highest BCUT2D eigenvalue weighted by Gasteiger charge is 2.22. The number of pyridine rings is 1. The molecule has 1 fully saturated rings. The number of amides is 1. The van der Waals surface area contributed by atoms with Crippen LogP contribution in [0.3, 0.4) is 0 Å². The Hall–Kier alpha value is -4.01. The number of fused-ring (bicyclic) bond motifs is 1. The van der Waals surface area contributed by atoms with Crippen LogP contribution in [0.25, 0.3) is 10.9 Å². The zero-order chi connectivity index (χ0) is 22.6. The fraction of sp³-hybridized carbons (Fsp3) is 0.292. The molecule has 5 rings (SSSR count). The summed E-state index contributed by atoms with van der Waals surface area (Å²) in [4.78, 5) is 35.4. The first kappa shape index (κ1) is 20.9. The van der Waals surface area contributed by atoms with Crippen LogP contribution < -0.4 is 16.2 Å². The molecule has 1 amide bonds. The van der Waals surface area contributed by atoms with Gasteiger partial charge in [-0.1, -0.05) is 31.4 Å². The maximum absolute atomic E-state index is 12.6. The SMILES string of the molecule is O=C(NCc1ccc(Nc2nn(C3CCCCC3)c3cc[nH]c(=O)c23)cc1)c1ncccn1. The van der Waals surface area contributed by atoms with Crippen LogP contribution in [0.4, 0.5) is 11.5 Å². The average Bonchev–Trinajstić information content (AvgIpc) is 3.24. The zero-order valence-corrected chi connectivity index (χ0v) is 18.1. The number of anilines is 2. The van der Waals surface area contributed by atoms with Gasteiger partial charge in [-0.3, -0.25) is 14.3 Å². The molecule has 3 heterocycles. The molecule has 0 aliphatic heterocycles. The molecular weight excluding hydrogens is 418 g/mol. The monoisotopic (exact) mass is 443 g/mol. The third-order valence-corrected chi connectivity index (χ3v) is 5.99. The highest BCUT2D eigenvalue weighted by Crippen LogP contribution is 2.32. The largest absolute Gasteiger partial charge is 0.345 e. The van der Waals surface area contributed by atoms with Crippen molar-refractivity contribution in [1.82, 2.24) is 30.0 Å². The predicted molar refractivity (Wildman–Crippen MR) is 125 cm³/mol. The molecule has 0 bridgehead atoms. The normalized spacial score (nSPS) is 14.3. The van der Waals surface area contributed by atoms with E-state index in [9.17, 15) is 9.59 Å². The summed E-state index contributed by atoms with van der Waals surface area (Å²) in [5.74, 6) is 0.373. The van der Waals surface area contributed by atoms with Crippen molar-refractivity contribution < 1.29 is 4.79 Å². The molecule has 0 saturated heterocycles. The molecule has 0 radical (unpaired) electrons. The van der Waals surface area contributed by atoms with E-state index in [4.69, 9.17) is 5.10 Å². The van der Waals surface area contributed by atoms with E-state index in [-0.39, 0.29) is 17.3 Å². The van der Waals surface area contributed by atoms with Gasteiger partial charge in [0.15, 0.2) is 5.82 Å². The van der Waals surface area contributed by atoms with Gasteiger partial charge < -0.3 is 15.6 Å². The Bertz CT molecular complexity index is 1310. The fourth-order valence-corrected chi connectivity index (χ4v) is 4.31. The van der Waals surface area contributed by atoms with Crippen LogP contribution in [0.1, 0.15) is 54.3 Å². The number of benzene rings is 1. The van der Waals surface area contributed by atoms with Crippen LogP contribution in [-0.4, -0.2) is 30.6 Å². The molecular formula is C24H25N7O2. The first-order valence-corrected chi connectivity index (χ1v) is 11.2. The molecule has 1 aliphatic rings. The van der Waals surface area contributed by atoms with Gasteiger partial charge in [0.1, 0.15) is 5.39 Å². The number of aromatic nitrogens is 5. The quantitative estimate of drug-likeness (QED) is 0.418. The molecule has 4 aromatic rings. The lowest BCUT2D eigenvalue weighted by atomic mass is 9.95. The minimum Gasteiger partial charge on any atom is -0.345 e. The van der Waals surface area contributed by atoms with Crippen molar-refractivity contribution in [2.75, 3.05) is 5.32 Å². The summed E-state index contributed by atoms with van der Waals surface area (Å²) >= 11 is 0. The smallest absolute Gasteiger partial charge is 0.289 e. The van der Waals surface area contributed by atoms with E-state index in [1.807, 2.05) is 35.0 Å². The molecule has 9 nitrogen and oxygen atoms in total. The lowest BCUT2D eigenvalue weighted by Gasteiger charge is -2.22. The van der Waals surface area contributed by atoms with Gasteiger partial charge in [-0.05, 0) is 42.7 Å². The average molecular weight is 444 g/mol. The molecule has 0 spiro atoms. The molecule has 3 aromatic heterocycles. The molecule has 0 unspecified atom stereocenters. The number of rotatable bonds is 6. The van der Waals surface area contributed by atoms with E-state index in [2.05, 4.69) is 25.6 Å². The number of hydrogen-bond acceptors (Lipinski definition) is 6. The molecule has 33 heavy (non-hydrogen) atoms. The molecule has 3 N–H and O–H groups in total. The number of nitrogens with zero attached hydrogens (tertiary/aromatic N) is 4. The summed E-state index contributed by atoms with van der Waals surface area (Å²) in [5.41, 5.74) is 2.45. The van der Waals surface area contributed by atoms with E-state index in [0.29, 0.717) is 23.8 Å². The summed E-state index contributed by atoms with van der Waals surface area (Å²) in [6.45, 7) is 0.357. The van der Waals surface area contributed by atoms with Gasteiger partial charge in [-0.2, -0.15) is 5.10 Å². The topological polar surface area (TPSA) is 118 Å². The van der Waals surface area contributed by atoms with Crippen LogP contribution in [0, 0.1) is 0 Å². The number of hydrogen-bond donors (Lipinski definition) is 3. The Labute approximate surface area is 190 Å². The number of aromatic amines is 1. The summed E-state index contributed by atoms with van der Waals surface area (Å²) in [6, 6.07) is 11.5. The standard InChI is InChI=1S/C24H25N7O2/c32-23-20-19(11-14-27-23)31(18-5-2-1-3-6-18)30-21(20)29-17-9-7-16(8-10-17)15-28-24(33)22-25-12-4-13-26-22/h4,7-14,18H,1-3,5-6,15H2,(H,27,32)(H,28,33)(H,29,30). The van der Waals surface area contributed by atoms with E-state index in [0.717, 1.165) is 29.6 Å². The maximum atomic E-state index is 12.6. The Balaban J connectivity index is 1.32. The van der Waals surface area contributed by atoms with Crippen molar-refractivity contribution >= 4 is 28.3 Å². The molecule has 9 heteroatoms. The first-order valence-electron chi connectivity index (χ1n) is 11.2. The lowest BCUT2D eigenvalue weighted by molar-refractivity contribution is 0.0940. The van der Waals surface area contributed by atoms with Crippen LogP contribution in [0.2, 0.25) is 0 Å². The Morgan fingerprint density at radius 3 is 2.58 bits per heavy atom. The third-order valence-electron chi connectivity index (χ3n) is 5.99. The van der Waals surface area contributed by atoms with Gasteiger partial charge in [0.2, 0.25) is 5.82 Å². The molecule has 1 aliphatic carbocycles. The minimum absolute atomic E-state index is 0.140. The van der Waals surface area contributed by atoms with Crippen LogP contribution >= 0.6 is 0 Å². The van der Waals surface area contributed by atoms with Gasteiger partial charge in [-0.15, -0.1) is 0 Å². The predicted octanol–water partition coefficient (Wildman–Crippen LogP) is 3.69. The second-order valence-corrected chi connectivity index (χ2v) is 8.23. The third kappa shape index (κ3) is 4.48. The minimum atomic E-state index is -0.322. The van der Waals surface area contributed by atoms with E-state index < -0.39 is 0 Å². The Morgan fingerprint density at radius 2 is 1.82 bits per heavy atom. The zero-order valence-electron chi connectivity index (χ0n) is 18.1. The van der Waals surface area contributed by atoms with Crippen molar-refractivity contribution in [3.8, 4) is 0 Å². The van der Waals surface area contributed by atoms with Crippen LogP contribution in [0.15, 0.2) is 59.8 Å². The lowest BCUT2D eigenvalue weighted by Crippen LogP contribution is -2.24. The van der Waals surface area contributed by atoms with Gasteiger partial charge in [0.05, 0.1) is 11.6 Å². The maximum Gasteiger partial charge on any atom is 0.289 e. The van der Waals surface area contributed by atoms with Crippen molar-refractivity contribution in [1.29, 1.82) is 0 Å². The number of carbonyl (C=O) groups is 1. The first-order chi connectivity index (χ1) is 16.2. The molecule has 0 atom stereocenters. The molecule has 1 saturated carbocycles. The highest BCUT2D eigenvalue weighted by atomic mass is 16.2. The number of H-pyrrole nitrogens is 1. The van der Waals surface area contributed by atoms with Gasteiger partial charge in [-0.25, -0.2) is 9.97 Å². The summed E-state index contributed by atoms with van der Waals surface area (Å²) < 4.78 is 2.02. The summed E-state index contributed by atoms with van der Waals surface area (Å²) in [6.07, 6.45) is 10.5. The second-order valence-electron chi connectivity index (χ2n) is 8.23. The Kier molecular flexibility index (Phi) is 5.84. The van der Waals surface area contributed by atoms with E-state index in [1.54, 1.807) is 12.3 Å². The van der Waals surface area contributed by atoms with Crippen molar-refractivity contribution in [3.05, 3.63) is 76.7 Å². The van der Waals surface area contributed by atoms with Gasteiger partial charge in [0, 0.05) is 30.8 Å².